The van der Waals surface area contributed by atoms with Gasteiger partial charge in [0.1, 0.15) is 23.9 Å². The molecule has 0 saturated carbocycles. The number of aliphatic carboxylic acids is 3. The zero-order chi connectivity index (χ0) is 32.4. The summed E-state index contributed by atoms with van der Waals surface area (Å²) in [5.74, 6) is -6.96. The van der Waals surface area contributed by atoms with Crippen LogP contribution in [0.2, 0.25) is 0 Å². The van der Waals surface area contributed by atoms with Gasteiger partial charge in [-0.1, -0.05) is 30.3 Å². The number of nitrogens with one attached hydrogen (secondary N) is 4. The van der Waals surface area contributed by atoms with E-state index in [-0.39, 0.29) is 31.4 Å². The summed E-state index contributed by atoms with van der Waals surface area (Å²) in [4.78, 5) is 76.6. The van der Waals surface area contributed by atoms with Gasteiger partial charge in [0.2, 0.25) is 17.7 Å². The first-order valence-corrected chi connectivity index (χ1v) is 13.5. The molecule has 10 N–H and O–H groups in total. The van der Waals surface area contributed by atoms with Gasteiger partial charge in [-0.2, -0.15) is 0 Å². The fourth-order valence-corrected chi connectivity index (χ4v) is 4.41. The smallest absolute Gasteiger partial charge is 0.326 e. The number of fused-ring (bicyclic) bond motifs is 1. The van der Waals surface area contributed by atoms with Crippen molar-refractivity contribution in [1.29, 1.82) is 0 Å². The van der Waals surface area contributed by atoms with E-state index in [1.165, 1.54) is 24.3 Å². The molecule has 4 atom stereocenters. The number of nitrogens with two attached hydrogens (primary N) is 1. The predicted molar refractivity (Wildman–Crippen MR) is 154 cm³/mol. The van der Waals surface area contributed by atoms with E-state index in [4.69, 9.17) is 15.9 Å². The Balaban J connectivity index is 1.90. The van der Waals surface area contributed by atoms with E-state index < -0.39 is 66.2 Å². The molecule has 3 amide bonds. The third kappa shape index (κ3) is 9.55. The molecule has 3 aromatic rings. The molecule has 1 aromatic heterocycles. The van der Waals surface area contributed by atoms with Crippen LogP contribution in [-0.2, 0) is 41.6 Å². The highest BCUT2D eigenvalue weighted by molar-refractivity contribution is 5.95. The Hall–Kier alpha value is -5.44. The number of aromatic amines is 1. The number of rotatable bonds is 16. The Morgan fingerprint density at radius 1 is 0.750 bits per heavy atom. The Morgan fingerprint density at radius 2 is 1.34 bits per heavy atom. The van der Waals surface area contributed by atoms with Crippen LogP contribution in [0.3, 0.4) is 0 Å². The average Bonchev–Trinajstić information content (AvgIpc) is 3.38. The number of phenolic OH excluding ortho intramolecular Hbond substituents is 1. The van der Waals surface area contributed by atoms with Gasteiger partial charge in [0, 0.05) is 36.4 Å². The van der Waals surface area contributed by atoms with Crippen molar-refractivity contribution in [1.82, 2.24) is 20.9 Å². The normalized spacial score (nSPS) is 13.7. The molecule has 234 valence electrons. The molecule has 1 heterocycles. The fraction of sp³-hybridized carbons (Fsp3) is 0.310. The minimum Gasteiger partial charge on any atom is -0.508 e. The van der Waals surface area contributed by atoms with Crippen LogP contribution in [-0.4, -0.2) is 85.2 Å². The molecule has 4 unspecified atom stereocenters. The molecule has 0 saturated heterocycles. The van der Waals surface area contributed by atoms with Gasteiger partial charge in [-0.25, -0.2) is 4.79 Å². The number of phenols is 1. The van der Waals surface area contributed by atoms with Gasteiger partial charge < -0.3 is 47.1 Å². The number of carbonyl (C=O) groups is 6. The van der Waals surface area contributed by atoms with Crippen LogP contribution in [0.15, 0.2) is 54.7 Å². The summed E-state index contributed by atoms with van der Waals surface area (Å²) in [6.45, 7) is 0. The molecule has 0 aliphatic heterocycles. The first kappa shape index (κ1) is 33.1. The molecule has 3 rings (SSSR count). The number of hydrogen-bond donors (Lipinski definition) is 9. The molecule has 0 bridgehead atoms. The number of carbonyl (C=O) groups excluding carboxylic acids is 3. The van der Waals surface area contributed by atoms with Crippen LogP contribution < -0.4 is 21.7 Å². The summed E-state index contributed by atoms with van der Waals surface area (Å²) in [6, 6.07) is 7.01. The number of carboxylic acids is 3. The molecule has 0 spiro atoms. The maximum Gasteiger partial charge on any atom is 0.326 e. The van der Waals surface area contributed by atoms with Gasteiger partial charge in [-0.3, -0.25) is 24.0 Å². The Morgan fingerprint density at radius 3 is 1.95 bits per heavy atom. The minimum absolute atomic E-state index is 0.0630. The van der Waals surface area contributed by atoms with Crippen LogP contribution in [0.4, 0.5) is 0 Å². The Labute approximate surface area is 250 Å². The number of para-hydroxylation sites is 1. The maximum atomic E-state index is 13.7. The standard InChI is InChI=1S/C29H33N5O10/c30-19(9-10-24(36)37)26(40)32-22(12-16-14-31-20-4-2-1-3-18(16)20)28(42)33-21(11-15-5-7-17(35)8-6-15)27(41)34-23(29(43)44)13-25(38)39/h1-8,14,19,21-23,31,35H,9-13,30H2,(H,32,40)(H,33,42)(H,34,41)(H,36,37)(H,38,39)(H,43,44). The summed E-state index contributed by atoms with van der Waals surface area (Å²) < 4.78 is 0. The van der Waals surface area contributed by atoms with Crippen LogP contribution in [0.1, 0.15) is 30.4 Å². The van der Waals surface area contributed by atoms with E-state index in [1.807, 2.05) is 6.07 Å². The second kappa shape index (κ2) is 15.2. The lowest BCUT2D eigenvalue weighted by molar-refractivity contribution is -0.147. The molecule has 2 aromatic carbocycles. The molecule has 0 fully saturated rings. The molecule has 0 aliphatic rings. The van der Waals surface area contributed by atoms with Gasteiger partial charge >= 0.3 is 17.9 Å². The number of carboxylic acid groups (broad SMARTS) is 3. The lowest BCUT2D eigenvalue weighted by atomic mass is 10.0. The summed E-state index contributed by atoms with van der Waals surface area (Å²) in [5, 5.41) is 45.0. The van der Waals surface area contributed by atoms with Crippen LogP contribution >= 0.6 is 0 Å². The first-order valence-electron chi connectivity index (χ1n) is 13.5. The van der Waals surface area contributed by atoms with Crippen molar-refractivity contribution in [2.24, 2.45) is 5.73 Å². The Kier molecular flexibility index (Phi) is 11.4. The lowest BCUT2D eigenvalue weighted by Crippen LogP contribution is -2.58. The van der Waals surface area contributed by atoms with E-state index in [0.717, 1.165) is 10.9 Å². The van der Waals surface area contributed by atoms with E-state index in [9.17, 15) is 39.0 Å². The van der Waals surface area contributed by atoms with Crippen molar-refractivity contribution in [3.8, 4) is 5.75 Å². The maximum absolute atomic E-state index is 13.7. The quantitative estimate of drug-likeness (QED) is 0.103. The third-order valence-corrected chi connectivity index (χ3v) is 6.74. The minimum atomic E-state index is -1.80. The topological polar surface area (TPSA) is 261 Å². The van der Waals surface area contributed by atoms with Crippen molar-refractivity contribution < 1.29 is 49.2 Å². The molecular weight excluding hydrogens is 578 g/mol. The van der Waals surface area contributed by atoms with Crippen molar-refractivity contribution in [3.63, 3.8) is 0 Å². The number of benzene rings is 2. The predicted octanol–water partition coefficient (Wildman–Crippen LogP) is -0.135. The first-order chi connectivity index (χ1) is 20.8. The van der Waals surface area contributed by atoms with Gasteiger partial charge in [0.25, 0.3) is 0 Å². The summed E-state index contributed by atoms with van der Waals surface area (Å²) in [5.41, 5.74) is 7.71. The van der Waals surface area contributed by atoms with Crippen molar-refractivity contribution in [2.45, 2.75) is 56.3 Å². The number of amides is 3. The molecule has 0 radical (unpaired) electrons. The largest absolute Gasteiger partial charge is 0.508 e. The second-order valence-corrected chi connectivity index (χ2v) is 10.1. The van der Waals surface area contributed by atoms with E-state index in [0.29, 0.717) is 11.1 Å². The SMILES string of the molecule is NC(CCC(=O)O)C(=O)NC(Cc1c[nH]c2ccccc12)C(=O)NC(Cc1ccc(O)cc1)C(=O)NC(CC(=O)O)C(=O)O. The average molecular weight is 612 g/mol. The number of hydrogen-bond acceptors (Lipinski definition) is 8. The molecule has 44 heavy (non-hydrogen) atoms. The van der Waals surface area contributed by atoms with Crippen molar-refractivity contribution in [3.05, 3.63) is 65.9 Å². The highest BCUT2D eigenvalue weighted by atomic mass is 16.4. The summed E-state index contributed by atoms with van der Waals surface area (Å²) in [6.07, 6.45) is -0.126. The monoisotopic (exact) mass is 611 g/mol. The molecule has 15 heteroatoms. The lowest BCUT2D eigenvalue weighted by Gasteiger charge is -2.25. The number of aromatic hydroxyl groups is 1. The van der Waals surface area contributed by atoms with Gasteiger partial charge in [0.05, 0.1) is 12.5 Å². The number of aromatic nitrogens is 1. The van der Waals surface area contributed by atoms with Crippen LogP contribution in [0.25, 0.3) is 10.9 Å². The molecule has 15 nitrogen and oxygen atoms in total. The third-order valence-electron chi connectivity index (χ3n) is 6.74. The van der Waals surface area contributed by atoms with Gasteiger partial charge in [0.15, 0.2) is 0 Å². The second-order valence-electron chi connectivity index (χ2n) is 10.1. The zero-order valence-corrected chi connectivity index (χ0v) is 23.4. The molecule has 0 aliphatic carbocycles. The van der Waals surface area contributed by atoms with Crippen molar-refractivity contribution >= 4 is 46.5 Å². The molecular formula is C29H33N5O10. The van der Waals surface area contributed by atoms with Crippen molar-refractivity contribution in [2.75, 3.05) is 0 Å². The highest BCUT2D eigenvalue weighted by Crippen LogP contribution is 2.20. The van der Waals surface area contributed by atoms with Gasteiger partial charge in [-0.15, -0.1) is 0 Å². The fourth-order valence-electron chi connectivity index (χ4n) is 4.41. The summed E-state index contributed by atoms with van der Waals surface area (Å²) in [7, 11) is 0. The van der Waals surface area contributed by atoms with Gasteiger partial charge in [-0.05, 0) is 35.7 Å². The van der Waals surface area contributed by atoms with E-state index in [1.54, 1.807) is 24.4 Å². The van der Waals surface area contributed by atoms with Crippen LogP contribution in [0.5, 0.6) is 5.75 Å². The summed E-state index contributed by atoms with van der Waals surface area (Å²) >= 11 is 0. The number of H-pyrrole nitrogens is 1. The van der Waals surface area contributed by atoms with E-state index >= 15 is 0 Å². The highest BCUT2D eigenvalue weighted by Gasteiger charge is 2.32. The Bertz CT molecular complexity index is 1520. The zero-order valence-electron chi connectivity index (χ0n) is 23.4. The van der Waals surface area contributed by atoms with E-state index in [2.05, 4.69) is 20.9 Å². The van der Waals surface area contributed by atoms with Crippen LogP contribution in [0, 0.1) is 0 Å².